The number of aryl methyl sites for hydroxylation is 1. The van der Waals surface area contributed by atoms with E-state index < -0.39 is 0 Å². The first-order chi connectivity index (χ1) is 9.78. The monoisotopic (exact) mass is 287 g/mol. The summed E-state index contributed by atoms with van der Waals surface area (Å²) in [6.45, 7) is 3.29. The minimum Gasteiger partial charge on any atom is -0.384 e. The van der Waals surface area contributed by atoms with Crippen LogP contribution in [-0.4, -0.2) is 17.4 Å². The minimum atomic E-state index is -0.100. The molecule has 1 aliphatic rings. The van der Waals surface area contributed by atoms with Gasteiger partial charge in [-0.05, 0) is 18.1 Å². The fourth-order valence-corrected chi connectivity index (χ4v) is 3.20. The molecule has 1 aliphatic heterocycles. The first-order valence-corrected chi connectivity index (χ1v) is 7.63. The van der Waals surface area contributed by atoms with Crippen molar-refractivity contribution in [1.29, 1.82) is 0 Å². The number of nitrogens with zero attached hydrogens (tertiary/aromatic N) is 1. The van der Waals surface area contributed by atoms with Gasteiger partial charge in [-0.25, -0.2) is 4.98 Å². The van der Waals surface area contributed by atoms with Gasteiger partial charge in [0.1, 0.15) is 5.01 Å². The molecular weight excluding hydrogens is 270 g/mol. The molecule has 1 aromatic heterocycles. The zero-order chi connectivity index (χ0) is 13.9. The van der Waals surface area contributed by atoms with E-state index >= 15 is 0 Å². The van der Waals surface area contributed by atoms with Gasteiger partial charge in [0.25, 0.3) is 0 Å². The lowest BCUT2D eigenvalue weighted by Gasteiger charge is -2.10. The van der Waals surface area contributed by atoms with Crippen LogP contribution in [0, 0.1) is 0 Å². The highest BCUT2D eigenvalue weighted by Crippen LogP contribution is 2.31. The predicted octanol–water partition coefficient (Wildman–Crippen LogP) is 2.53. The third-order valence-electron chi connectivity index (χ3n) is 3.51. The Morgan fingerprint density at radius 2 is 2.35 bits per heavy atom. The van der Waals surface area contributed by atoms with E-state index in [9.17, 15) is 4.79 Å². The molecule has 0 bridgehead atoms. The Morgan fingerprint density at radius 3 is 3.15 bits per heavy atom. The summed E-state index contributed by atoms with van der Waals surface area (Å²) in [5.74, 6) is -0.0347. The van der Waals surface area contributed by atoms with Crippen LogP contribution in [-0.2, 0) is 17.8 Å². The van der Waals surface area contributed by atoms with Crippen LogP contribution in [0.25, 0.3) is 0 Å². The van der Waals surface area contributed by atoms with E-state index in [2.05, 4.69) is 22.5 Å². The van der Waals surface area contributed by atoms with Gasteiger partial charge in [-0.15, -0.1) is 11.3 Å². The lowest BCUT2D eigenvalue weighted by atomic mass is 10.0. The summed E-state index contributed by atoms with van der Waals surface area (Å²) >= 11 is 1.66. The summed E-state index contributed by atoms with van der Waals surface area (Å²) in [5.41, 5.74) is 2.15. The summed E-state index contributed by atoms with van der Waals surface area (Å²) in [7, 11) is 0. The molecule has 0 saturated heterocycles. The quantitative estimate of drug-likeness (QED) is 0.908. The Morgan fingerprint density at radius 1 is 1.50 bits per heavy atom. The molecule has 3 rings (SSSR count). The summed E-state index contributed by atoms with van der Waals surface area (Å²) in [6, 6.07) is 7.98. The molecule has 2 heterocycles. The second-order valence-electron chi connectivity index (χ2n) is 4.81. The van der Waals surface area contributed by atoms with Crippen LogP contribution in [0.3, 0.4) is 0 Å². The maximum atomic E-state index is 12.3. The maximum Gasteiger partial charge on any atom is 0.229 e. The first-order valence-electron chi connectivity index (χ1n) is 6.82. The van der Waals surface area contributed by atoms with Gasteiger partial charge in [-0.1, -0.05) is 25.1 Å². The molecule has 0 fully saturated rings. The Labute approximate surface area is 122 Å². The van der Waals surface area contributed by atoms with Crippen LogP contribution in [0.2, 0.25) is 0 Å². The molecule has 1 unspecified atom stereocenters. The van der Waals surface area contributed by atoms with Gasteiger partial charge in [-0.2, -0.15) is 0 Å². The average molecular weight is 287 g/mol. The van der Waals surface area contributed by atoms with Gasteiger partial charge >= 0.3 is 0 Å². The van der Waals surface area contributed by atoms with Crippen molar-refractivity contribution < 1.29 is 4.79 Å². The normalized spacial score (nSPS) is 16.6. The van der Waals surface area contributed by atoms with Gasteiger partial charge < -0.3 is 10.6 Å². The average Bonchev–Trinajstić information content (AvgIpc) is 3.11. The molecule has 0 spiro atoms. The van der Waals surface area contributed by atoms with Gasteiger partial charge in [0.15, 0.2) is 0 Å². The molecule has 5 heteroatoms. The number of rotatable bonds is 4. The Hall–Kier alpha value is -1.88. The fraction of sp³-hybridized carbons (Fsp3) is 0.333. The summed E-state index contributed by atoms with van der Waals surface area (Å²) < 4.78 is 0. The molecule has 1 aromatic carbocycles. The number of carbonyl (C=O) groups is 1. The molecule has 1 atom stereocenters. The van der Waals surface area contributed by atoms with E-state index in [1.165, 1.54) is 4.88 Å². The maximum absolute atomic E-state index is 12.3. The number of aromatic nitrogens is 1. The van der Waals surface area contributed by atoms with Crippen molar-refractivity contribution in [2.75, 3.05) is 11.9 Å². The minimum absolute atomic E-state index is 0.0655. The zero-order valence-electron chi connectivity index (χ0n) is 11.3. The molecule has 0 radical (unpaired) electrons. The predicted molar refractivity (Wildman–Crippen MR) is 81.0 cm³/mol. The van der Waals surface area contributed by atoms with Crippen molar-refractivity contribution in [2.45, 2.75) is 25.8 Å². The summed E-state index contributed by atoms with van der Waals surface area (Å²) in [4.78, 5) is 17.9. The Balaban J connectivity index is 1.63. The number of fused-ring (bicyclic) bond motifs is 1. The molecule has 1 amide bonds. The number of hydrogen-bond donors (Lipinski definition) is 2. The number of para-hydroxylation sites is 1. The van der Waals surface area contributed by atoms with Crippen LogP contribution < -0.4 is 10.6 Å². The van der Waals surface area contributed by atoms with Crippen molar-refractivity contribution in [2.24, 2.45) is 0 Å². The molecule has 2 N–H and O–H groups in total. The lowest BCUT2D eigenvalue weighted by molar-refractivity contribution is -0.122. The van der Waals surface area contributed by atoms with Crippen LogP contribution in [0.15, 0.2) is 30.5 Å². The third kappa shape index (κ3) is 2.54. The second kappa shape index (κ2) is 5.63. The van der Waals surface area contributed by atoms with Gasteiger partial charge in [0, 0.05) is 23.3 Å². The molecule has 0 aliphatic carbocycles. The molecule has 0 saturated carbocycles. The highest BCUT2D eigenvalue weighted by molar-refractivity contribution is 7.11. The van der Waals surface area contributed by atoms with E-state index in [1.807, 2.05) is 30.5 Å². The number of nitrogens with one attached hydrogen (secondary N) is 2. The summed E-state index contributed by atoms with van der Waals surface area (Å²) in [5, 5.41) is 7.22. The number of thiazole rings is 1. The number of carbonyl (C=O) groups excluding carboxylic acids is 1. The van der Waals surface area contributed by atoms with Crippen molar-refractivity contribution in [3.63, 3.8) is 0 Å². The van der Waals surface area contributed by atoms with Gasteiger partial charge in [0.05, 0.1) is 12.5 Å². The second-order valence-corrected chi connectivity index (χ2v) is 6.01. The Kier molecular flexibility index (Phi) is 3.69. The fourth-order valence-electron chi connectivity index (χ4n) is 2.40. The largest absolute Gasteiger partial charge is 0.384 e. The van der Waals surface area contributed by atoms with Gasteiger partial charge in [-0.3, -0.25) is 4.79 Å². The van der Waals surface area contributed by atoms with Crippen LogP contribution in [0.4, 0.5) is 5.69 Å². The molecule has 2 aromatic rings. The van der Waals surface area contributed by atoms with Crippen molar-refractivity contribution in [3.05, 3.63) is 45.9 Å². The molecule has 104 valence electrons. The van der Waals surface area contributed by atoms with E-state index in [1.54, 1.807) is 11.3 Å². The van der Waals surface area contributed by atoms with Crippen LogP contribution in [0.5, 0.6) is 0 Å². The highest BCUT2D eigenvalue weighted by Gasteiger charge is 2.27. The number of anilines is 1. The third-order valence-corrected chi connectivity index (χ3v) is 4.65. The van der Waals surface area contributed by atoms with E-state index in [0.717, 1.165) is 22.7 Å². The number of hydrogen-bond acceptors (Lipinski definition) is 4. The molecule has 4 nitrogen and oxygen atoms in total. The Bertz CT molecular complexity index is 623. The standard InChI is InChI=1S/C15H17N3OS/c1-2-10-7-17-14(20-10)9-18-15(19)12-8-16-13-6-4-3-5-11(12)13/h3-7,12,16H,2,8-9H2,1H3,(H,18,19). The van der Waals surface area contributed by atoms with E-state index in [4.69, 9.17) is 0 Å². The topological polar surface area (TPSA) is 54.0 Å². The molecule has 20 heavy (non-hydrogen) atoms. The van der Waals surface area contributed by atoms with Crippen molar-refractivity contribution in [1.82, 2.24) is 10.3 Å². The SMILES string of the molecule is CCc1cnc(CNC(=O)C2CNc3ccccc32)s1. The lowest BCUT2D eigenvalue weighted by Crippen LogP contribution is -2.29. The zero-order valence-corrected chi connectivity index (χ0v) is 12.2. The van der Waals surface area contributed by atoms with E-state index in [0.29, 0.717) is 13.1 Å². The van der Waals surface area contributed by atoms with Crippen molar-refractivity contribution >= 4 is 22.9 Å². The van der Waals surface area contributed by atoms with Crippen LogP contribution in [0.1, 0.15) is 28.3 Å². The highest BCUT2D eigenvalue weighted by atomic mass is 32.1. The van der Waals surface area contributed by atoms with Gasteiger partial charge in [0.2, 0.25) is 5.91 Å². The smallest absolute Gasteiger partial charge is 0.229 e. The van der Waals surface area contributed by atoms with Crippen LogP contribution >= 0.6 is 11.3 Å². The van der Waals surface area contributed by atoms with Crippen molar-refractivity contribution in [3.8, 4) is 0 Å². The number of benzene rings is 1. The van der Waals surface area contributed by atoms with E-state index in [-0.39, 0.29) is 11.8 Å². The molecular formula is C15H17N3OS. The summed E-state index contributed by atoms with van der Waals surface area (Å²) in [6.07, 6.45) is 2.88. The first kappa shape index (κ1) is 13.1. The number of amides is 1.